The lowest BCUT2D eigenvalue weighted by molar-refractivity contribution is -0.126. The van der Waals surface area contributed by atoms with Crippen molar-refractivity contribution < 1.29 is 19.1 Å². The van der Waals surface area contributed by atoms with Crippen molar-refractivity contribution in [2.24, 2.45) is 0 Å². The van der Waals surface area contributed by atoms with Crippen LogP contribution in [0.15, 0.2) is 47.4 Å². The molecule has 0 aromatic heterocycles. The first-order valence-corrected chi connectivity index (χ1v) is 10.5. The number of anilines is 1. The number of thiocarbonyl (C=S) groups is 1. The summed E-state index contributed by atoms with van der Waals surface area (Å²) < 4.78 is 10.9. The van der Waals surface area contributed by atoms with E-state index in [9.17, 15) is 9.59 Å². The van der Waals surface area contributed by atoms with E-state index in [4.69, 9.17) is 21.7 Å². The van der Waals surface area contributed by atoms with Crippen molar-refractivity contribution >= 4 is 51.9 Å². The molecule has 0 radical (unpaired) electrons. The minimum atomic E-state index is -0.293. The van der Waals surface area contributed by atoms with Gasteiger partial charge in [-0.25, -0.2) is 0 Å². The van der Waals surface area contributed by atoms with Crippen LogP contribution in [-0.2, 0) is 16.0 Å². The van der Waals surface area contributed by atoms with Gasteiger partial charge in [-0.2, -0.15) is 0 Å². The second kappa shape index (κ2) is 9.77. The largest absolute Gasteiger partial charge is 0.493 e. The maximum absolute atomic E-state index is 12.8. The minimum Gasteiger partial charge on any atom is -0.493 e. The van der Waals surface area contributed by atoms with Gasteiger partial charge in [0.2, 0.25) is 5.91 Å². The van der Waals surface area contributed by atoms with Gasteiger partial charge in [-0.3, -0.25) is 14.5 Å². The Morgan fingerprint density at radius 2 is 1.90 bits per heavy atom. The molecule has 0 saturated carbocycles. The third-order valence-electron chi connectivity index (χ3n) is 4.55. The molecule has 1 heterocycles. The van der Waals surface area contributed by atoms with Gasteiger partial charge in [-0.05, 0) is 41.8 Å². The van der Waals surface area contributed by atoms with Gasteiger partial charge >= 0.3 is 0 Å². The maximum Gasteiger partial charge on any atom is 0.266 e. The molecule has 0 spiro atoms. The molecule has 0 bridgehead atoms. The molecule has 6 nitrogen and oxygen atoms in total. The average Bonchev–Trinajstić information content (AvgIpc) is 3.01. The van der Waals surface area contributed by atoms with E-state index >= 15 is 0 Å². The quantitative estimate of drug-likeness (QED) is 0.514. The van der Waals surface area contributed by atoms with Gasteiger partial charge < -0.3 is 14.8 Å². The van der Waals surface area contributed by atoms with Gasteiger partial charge in [0.15, 0.2) is 11.5 Å². The molecule has 30 heavy (non-hydrogen) atoms. The molecule has 1 saturated heterocycles. The lowest BCUT2D eigenvalue weighted by atomic mass is 10.1. The number of para-hydroxylation sites is 1. The number of nitrogens with zero attached hydrogens (tertiary/aromatic N) is 1. The molecule has 2 aromatic carbocycles. The Labute approximate surface area is 185 Å². The second-order valence-electron chi connectivity index (χ2n) is 6.44. The third-order valence-corrected chi connectivity index (χ3v) is 5.93. The molecule has 1 fully saturated rings. The Bertz CT molecular complexity index is 1020. The summed E-state index contributed by atoms with van der Waals surface area (Å²) in [6.45, 7) is 1.89. The number of ether oxygens (including phenoxy) is 2. The van der Waals surface area contributed by atoms with E-state index in [1.807, 2.05) is 37.3 Å². The number of methoxy groups -OCH3 is 2. The fourth-order valence-corrected chi connectivity index (χ4v) is 4.27. The highest BCUT2D eigenvalue weighted by Crippen LogP contribution is 2.34. The van der Waals surface area contributed by atoms with Crippen LogP contribution in [-0.4, -0.2) is 41.8 Å². The van der Waals surface area contributed by atoms with Crippen molar-refractivity contribution in [3.8, 4) is 11.5 Å². The average molecular weight is 443 g/mol. The molecule has 0 unspecified atom stereocenters. The first-order chi connectivity index (χ1) is 14.5. The lowest BCUT2D eigenvalue weighted by Gasteiger charge is -2.15. The number of benzene rings is 2. The standard InChI is InChI=1S/C22H22N2O4S2/c1-4-15-7-5-6-8-16(15)23-20(25)13-24-21(26)19(30-22(24)29)12-14-9-10-17(27-2)18(11-14)28-3/h5-12H,4,13H2,1-3H3,(H,23,25). The Hall–Kier alpha value is -2.84. The van der Waals surface area contributed by atoms with Crippen LogP contribution in [0, 0.1) is 0 Å². The van der Waals surface area contributed by atoms with Gasteiger partial charge in [-0.1, -0.05) is 55.2 Å². The summed E-state index contributed by atoms with van der Waals surface area (Å²) in [6, 6.07) is 13.0. The second-order valence-corrected chi connectivity index (χ2v) is 8.12. The number of carbonyl (C=O) groups is 2. The SMILES string of the molecule is CCc1ccccc1NC(=O)CN1C(=O)C(=Cc2ccc(OC)c(OC)c2)SC1=S. The molecule has 3 rings (SSSR count). The number of carbonyl (C=O) groups excluding carboxylic acids is 2. The smallest absolute Gasteiger partial charge is 0.266 e. The van der Waals surface area contributed by atoms with Gasteiger partial charge in [0, 0.05) is 5.69 Å². The number of hydrogen-bond acceptors (Lipinski definition) is 6. The summed E-state index contributed by atoms with van der Waals surface area (Å²) in [6.07, 6.45) is 2.52. The Morgan fingerprint density at radius 3 is 2.60 bits per heavy atom. The molecule has 1 aliphatic heterocycles. The van der Waals surface area contributed by atoms with Crippen LogP contribution in [0.3, 0.4) is 0 Å². The van der Waals surface area contributed by atoms with Crippen LogP contribution >= 0.6 is 24.0 Å². The summed E-state index contributed by atoms with van der Waals surface area (Å²) in [4.78, 5) is 27.1. The molecule has 1 aliphatic rings. The number of thioether (sulfide) groups is 1. The van der Waals surface area contributed by atoms with Gasteiger partial charge in [-0.15, -0.1) is 0 Å². The third kappa shape index (κ3) is 4.83. The molecule has 8 heteroatoms. The number of amides is 2. The number of hydrogen-bond donors (Lipinski definition) is 1. The molecule has 2 amide bonds. The molecule has 0 aliphatic carbocycles. The van der Waals surface area contributed by atoms with E-state index in [0.29, 0.717) is 20.7 Å². The predicted octanol–water partition coefficient (Wildman–Crippen LogP) is 4.11. The zero-order valence-corrected chi connectivity index (χ0v) is 18.6. The number of nitrogens with one attached hydrogen (secondary N) is 1. The van der Waals surface area contributed by atoms with E-state index in [0.717, 1.165) is 23.2 Å². The number of aryl methyl sites for hydroxylation is 1. The number of rotatable bonds is 7. The van der Waals surface area contributed by atoms with Gasteiger partial charge in [0.1, 0.15) is 10.9 Å². The minimum absolute atomic E-state index is 0.133. The molecule has 2 aromatic rings. The fourth-order valence-electron chi connectivity index (χ4n) is 3.01. The van der Waals surface area contributed by atoms with E-state index in [-0.39, 0.29) is 18.4 Å². The highest BCUT2D eigenvalue weighted by atomic mass is 32.2. The Balaban J connectivity index is 1.73. The van der Waals surface area contributed by atoms with Gasteiger partial charge in [0.25, 0.3) is 5.91 Å². The monoisotopic (exact) mass is 442 g/mol. The van der Waals surface area contributed by atoms with Crippen LogP contribution in [0.2, 0.25) is 0 Å². The maximum atomic E-state index is 12.8. The molecule has 1 N–H and O–H groups in total. The Kier molecular flexibility index (Phi) is 7.12. The van der Waals surface area contributed by atoms with Gasteiger partial charge in [0.05, 0.1) is 19.1 Å². The van der Waals surface area contributed by atoms with Crippen LogP contribution in [0.1, 0.15) is 18.1 Å². The summed E-state index contributed by atoms with van der Waals surface area (Å²) in [5.41, 5.74) is 2.55. The van der Waals surface area contributed by atoms with Crippen LogP contribution in [0.25, 0.3) is 6.08 Å². The van der Waals surface area contributed by atoms with E-state index in [1.54, 1.807) is 32.4 Å². The van der Waals surface area contributed by atoms with E-state index in [2.05, 4.69) is 5.32 Å². The summed E-state index contributed by atoms with van der Waals surface area (Å²) in [7, 11) is 3.11. The lowest BCUT2D eigenvalue weighted by Crippen LogP contribution is -2.36. The molecular formula is C22H22N2O4S2. The summed E-state index contributed by atoms with van der Waals surface area (Å²) in [5, 5.41) is 2.87. The predicted molar refractivity (Wildman–Crippen MR) is 124 cm³/mol. The first kappa shape index (κ1) is 21.9. The summed E-state index contributed by atoms with van der Waals surface area (Å²) >= 11 is 6.51. The van der Waals surface area contributed by atoms with Crippen LogP contribution < -0.4 is 14.8 Å². The van der Waals surface area contributed by atoms with Crippen molar-refractivity contribution in [2.45, 2.75) is 13.3 Å². The van der Waals surface area contributed by atoms with Crippen molar-refractivity contribution in [1.82, 2.24) is 4.90 Å². The highest BCUT2D eigenvalue weighted by molar-refractivity contribution is 8.26. The van der Waals surface area contributed by atoms with Crippen molar-refractivity contribution in [3.05, 3.63) is 58.5 Å². The molecular weight excluding hydrogens is 420 g/mol. The van der Waals surface area contributed by atoms with Crippen LogP contribution in [0.5, 0.6) is 11.5 Å². The summed E-state index contributed by atoms with van der Waals surface area (Å²) in [5.74, 6) is 0.584. The molecule has 156 valence electrons. The molecule has 0 atom stereocenters. The zero-order valence-electron chi connectivity index (χ0n) is 16.9. The highest BCUT2D eigenvalue weighted by Gasteiger charge is 2.33. The fraction of sp³-hybridized carbons (Fsp3) is 0.227. The van der Waals surface area contributed by atoms with E-state index in [1.165, 1.54) is 16.7 Å². The zero-order chi connectivity index (χ0) is 21.7. The topological polar surface area (TPSA) is 67.9 Å². The van der Waals surface area contributed by atoms with Crippen molar-refractivity contribution in [2.75, 3.05) is 26.1 Å². The van der Waals surface area contributed by atoms with Crippen molar-refractivity contribution in [3.63, 3.8) is 0 Å². The normalized spacial score (nSPS) is 14.9. The van der Waals surface area contributed by atoms with Crippen LogP contribution in [0.4, 0.5) is 5.69 Å². The van der Waals surface area contributed by atoms with Crippen molar-refractivity contribution in [1.29, 1.82) is 0 Å². The first-order valence-electron chi connectivity index (χ1n) is 9.32. The Morgan fingerprint density at radius 1 is 1.17 bits per heavy atom. The van der Waals surface area contributed by atoms with E-state index < -0.39 is 0 Å².